The molecule has 0 unspecified atom stereocenters. The SMILES string of the molecule is COc1ccc(CNc2nc3ccccc3[nH]2)cc1Br. The number of fused-ring (bicyclic) bond motifs is 1. The fourth-order valence-electron chi connectivity index (χ4n) is 2.04. The molecule has 20 heavy (non-hydrogen) atoms. The Kier molecular flexibility index (Phi) is 3.60. The Hall–Kier alpha value is -2.01. The van der Waals surface area contributed by atoms with Crippen LogP contribution < -0.4 is 10.1 Å². The first-order valence-corrected chi connectivity index (χ1v) is 7.06. The van der Waals surface area contributed by atoms with E-state index < -0.39 is 0 Å². The summed E-state index contributed by atoms with van der Waals surface area (Å²) in [7, 11) is 1.66. The van der Waals surface area contributed by atoms with Crippen molar-refractivity contribution >= 4 is 32.9 Å². The van der Waals surface area contributed by atoms with Crippen LogP contribution in [0.15, 0.2) is 46.9 Å². The molecule has 3 rings (SSSR count). The second-order valence-electron chi connectivity index (χ2n) is 4.43. The number of benzene rings is 2. The van der Waals surface area contributed by atoms with E-state index in [1.807, 2.05) is 42.5 Å². The molecule has 0 aliphatic heterocycles. The maximum Gasteiger partial charge on any atom is 0.201 e. The van der Waals surface area contributed by atoms with E-state index in [0.29, 0.717) is 6.54 Å². The van der Waals surface area contributed by atoms with Gasteiger partial charge in [0.1, 0.15) is 5.75 Å². The van der Waals surface area contributed by atoms with Gasteiger partial charge in [0, 0.05) is 6.54 Å². The molecule has 1 aromatic heterocycles. The van der Waals surface area contributed by atoms with E-state index in [0.717, 1.165) is 32.8 Å². The van der Waals surface area contributed by atoms with Gasteiger partial charge in [-0.15, -0.1) is 0 Å². The molecular formula is C15H14BrN3O. The van der Waals surface area contributed by atoms with E-state index in [-0.39, 0.29) is 0 Å². The number of halogens is 1. The van der Waals surface area contributed by atoms with Crippen LogP contribution >= 0.6 is 15.9 Å². The highest BCUT2D eigenvalue weighted by Crippen LogP contribution is 2.25. The van der Waals surface area contributed by atoms with Crippen molar-refractivity contribution in [3.63, 3.8) is 0 Å². The van der Waals surface area contributed by atoms with Gasteiger partial charge in [-0.1, -0.05) is 18.2 Å². The van der Waals surface area contributed by atoms with E-state index >= 15 is 0 Å². The summed E-state index contributed by atoms with van der Waals surface area (Å²) in [6.45, 7) is 0.697. The summed E-state index contributed by atoms with van der Waals surface area (Å²) in [6.07, 6.45) is 0. The van der Waals surface area contributed by atoms with Crippen LogP contribution in [0.25, 0.3) is 11.0 Å². The zero-order valence-corrected chi connectivity index (χ0v) is 12.6. The molecule has 2 aromatic carbocycles. The van der Waals surface area contributed by atoms with Gasteiger partial charge < -0.3 is 15.0 Å². The highest BCUT2D eigenvalue weighted by molar-refractivity contribution is 9.10. The van der Waals surface area contributed by atoms with E-state index in [2.05, 4.69) is 31.2 Å². The molecule has 3 aromatic rings. The molecule has 0 fully saturated rings. The third-order valence-corrected chi connectivity index (χ3v) is 3.69. The predicted molar refractivity (Wildman–Crippen MR) is 84.1 cm³/mol. The molecule has 2 N–H and O–H groups in total. The number of nitrogens with one attached hydrogen (secondary N) is 2. The van der Waals surface area contributed by atoms with Crippen molar-refractivity contribution in [3.05, 3.63) is 52.5 Å². The van der Waals surface area contributed by atoms with Gasteiger partial charge in [-0.3, -0.25) is 0 Å². The van der Waals surface area contributed by atoms with Gasteiger partial charge >= 0.3 is 0 Å². The Labute approximate surface area is 125 Å². The minimum absolute atomic E-state index is 0.697. The number of aromatic nitrogens is 2. The zero-order valence-electron chi connectivity index (χ0n) is 11.0. The van der Waals surface area contributed by atoms with Crippen LogP contribution in [-0.2, 0) is 6.54 Å². The first kappa shape index (κ1) is 13.0. The average Bonchev–Trinajstić information content (AvgIpc) is 2.88. The lowest BCUT2D eigenvalue weighted by Crippen LogP contribution is -2.01. The number of anilines is 1. The third kappa shape index (κ3) is 2.63. The predicted octanol–water partition coefficient (Wildman–Crippen LogP) is 3.95. The number of ether oxygens (including phenoxy) is 1. The van der Waals surface area contributed by atoms with E-state index in [9.17, 15) is 0 Å². The summed E-state index contributed by atoms with van der Waals surface area (Å²) >= 11 is 3.49. The lowest BCUT2D eigenvalue weighted by molar-refractivity contribution is 0.412. The molecule has 0 saturated heterocycles. The molecule has 102 valence electrons. The number of para-hydroxylation sites is 2. The fourth-order valence-corrected chi connectivity index (χ4v) is 2.63. The lowest BCUT2D eigenvalue weighted by Gasteiger charge is -2.07. The molecule has 5 heteroatoms. The average molecular weight is 332 g/mol. The van der Waals surface area contributed by atoms with Crippen molar-refractivity contribution in [3.8, 4) is 5.75 Å². The lowest BCUT2D eigenvalue weighted by atomic mass is 10.2. The number of aromatic amines is 1. The standard InChI is InChI=1S/C15H14BrN3O/c1-20-14-7-6-10(8-11(14)16)9-17-15-18-12-4-2-3-5-13(12)19-15/h2-8H,9H2,1H3,(H2,17,18,19). The van der Waals surface area contributed by atoms with Crippen molar-refractivity contribution in [2.75, 3.05) is 12.4 Å². The molecule has 0 aliphatic rings. The van der Waals surface area contributed by atoms with Crippen molar-refractivity contribution in [1.29, 1.82) is 0 Å². The molecule has 0 saturated carbocycles. The molecular weight excluding hydrogens is 318 g/mol. The van der Waals surface area contributed by atoms with Gasteiger partial charge in [-0.05, 0) is 45.8 Å². The fraction of sp³-hybridized carbons (Fsp3) is 0.133. The first-order valence-electron chi connectivity index (χ1n) is 6.27. The Bertz CT molecular complexity index is 706. The maximum absolute atomic E-state index is 5.22. The highest BCUT2D eigenvalue weighted by atomic mass is 79.9. The monoisotopic (exact) mass is 331 g/mol. The van der Waals surface area contributed by atoms with Crippen LogP contribution in [0.2, 0.25) is 0 Å². The number of rotatable bonds is 4. The van der Waals surface area contributed by atoms with Crippen LogP contribution in [0.4, 0.5) is 5.95 Å². The summed E-state index contributed by atoms with van der Waals surface area (Å²) in [5, 5.41) is 3.29. The Morgan fingerprint density at radius 2 is 2.10 bits per heavy atom. The van der Waals surface area contributed by atoms with Crippen molar-refractivity contribution in [1.82, 2.24) is 9.97 Å². The summed E-state index contributed by atoms with van der Waals surface area (Å²) in [4.78, 5) is 7.73. The largest absolute Gasteiger partial charge is 0.496 e. The summed E-state index contributed by atoms with van der Waals surface area (Å²) < 4.78 is 6.16. The van der Waals surface area contributed by atoms with Crippen LogP contribution in [0.3, 0.4) is 0 Å². The van der Waals surface area contributed by atoms with Gasteiger partial charge in [0.15, 0.2) is 0 Å². The number of nitrogens with zero attached hydrogens (tertiary/aromatic N) is 1. The number of H-pyrrole nitrogens is 1. The Balaban J connectivity index is 1.74. The molecule has 0 radical (unpaired) electrons. The number of hydrogen-bond donors (Lipinski definition) is 2. The van der Waals surface area contributed by atoms with Gasteiger partial charge in [0.2, 0.25) is 5.95 Å². The van der Waals surface area contributed by atoms with Crippen LogP contribution in [0, 0.1) is 0 Å². The van der Waals surface area contributed by atoms with Gasteiger partial charge in [0.25, 0.3) is 0 Å². The molecule has 1 heterocycles. The number of methoxy groups -OCH3 is 1. The Morgan fingerprint density at radius 3 is 2.85 bits per heavy atom. The van der Waals surface area contributed by atoms with Crippen LogP contribution in [0.1, 0.15) is 5.56 Å². The number of imidazole rings is 1. The van der Waals surface area contributed by atoms with Crippen LogP contribution in [-0.4, -0.2) is 17.1 Å². The molecule has 0 spiro atoms. The molecule has 4 nitrogen and oxygen atoms in total. The van der Waals surface area contributed by atoms with Gasteiger partial charge in [-0.2, -0.15) is 0 Å². The third-order valence-electron chi connectivity index (χ3n) is 3.07. The minimum atomic E-state index is 0.697. The normalized spacial score (nSPS) is 10.7. The smallest absolute Gasteiger partial charge is 0.201 e. The second kappa shape index (κ2) is 5.54. The van der Waals surface area contributed by atoms with Crippen molar-refractivity contribution < 1.29 is 4.74 Å². The minimum Gasteiger partial charge on any atom is -0.496 e. The number of hydrogen-bond acceptors (Lipinski definition) is 3. The van der Waals surface area contributed by atoms with Gasteiger partial charge in [0.05, 0.1) is 22.6 Å². The van der Waals surface area contributed by atoms with Crippen LogP contribution in [0.5, 0.6) is 5.75 Å². The maximum atomic E-state index is 5.22. The van der Waals surface area contributed by atoms with Crippen molar-refractivity contribution in [2.45, 2.75) is 6.54 Å². The molecule has 0 atom stereocenters. The molecule has 0 amide bonds. The first-order chi connectivity index (χ1) is 9.76. The zero-order chi connectivity index (χ0) is 13.9. The Morgan fingerprint density at radius 1 is 1.25 bits per heavy atom. The summed E-state index contributed by atoms with van der Waals surface area (Å²) in [5.41, 5.74) is 3.15. The summed E-state index contributed by atoms with van der Waals surface area (Å²) in [6, 6.07) is 14.0. The van der Waals surface area contributed by atoms with Crippen molar-refractivity contribution in [2.24, 2.45) is 0 Å². The van der Waals surface area contributed by atoms with E-state index in [1.165, 1.54) is 0 Å². The van der Waals surface area contributed by atoms with Gasteiger partial charge in [-0.25, -0.2) is 4.98 Å². The van der Waals surface area contributed by atoms with E-state index in [1.54, 1.807) is 7.11 Å². The highest BCUT2D eigenvalue weighted by Gasteiger charge is 2.04. The molecule has 0 aliphatic carbocycles. The molecule has 0 bridgehead atoms. The second-order valence-corrected chi connectivity index (χ2v) is 5.28. The summed E-state index contributed by atoms with van der Waals surface area (Å²) in [5.74, 6) is 1.61. The topological polar surface area (TPSA) is 49.9 Å². The van der Waals surface area contributed by atoms with E-state index in [4.69, 9.17) is 4.74 Å². The quantitative estimate of drug-likeness (QED) is 0.761.